The minimum atomic E-state index is -0.818. The molecule has 1 heterocycles. The summed E-state index contributed by atoms with van der Waals surface area (Å²) in [7, 11) is 0. The molecule has 1 amide bonds. The summed E-state index contributed by atoms with van der Waals surface area (Å²) >= 11 is 0. The molecule has 2 unspecified atom stereocenters. The first-order valence-corrected chi connectivity index (χ1v) is 9.20. The van der Waals surface area contributed by atoms with Gasteiger partial charge in [0.1, 0.15) is 0 Å². The minimum absolute atomic E-state index is 0.131. The summed E-state index contributed by atoms with van der Waals surface area (Å²) in [6.07, 6.45) is 2.53. The van der Waals surface area contributed by atoms with E-state index in [1.807, 2.05) is 48.5 Å². The molecular formula is C22H23NO3. The van der Waals surface area contributed by atoms with Crippen LogP contribution in [0.2, 0.25) is 0 Å². The van der Waals surface area contributed by atoms with Gasteiger partial charge in [-0.1, -0.05) is 60.7 Å². The maximum Gasteiger partial charge on any atom is 0.308 e. The second-order valence-corrected chi connectivity index (χ2v) is 7.61. The van der Waals surface area contributed by atoms with Crippen LogP contribution in [0, 0.1) is 11.3 Å². The lowest BCUT2D eigenvalue weighted by molar-refractivity contribution is -0.142. The Bertz CT molecular complexity index is 799. The van der Waals surface area contributed by atoms with Gasteiger partial charge in [0, 0.05) is 19.0 Å². The summed E-state index contributed by atoms with van der Waals surface area (Å²) in [6.45, 7) is 0.806. The number of likely N-dealkylation sites (tertiary alicyclic amines) is 1. The third kappa shape index (κ3) is 3.12. The number of amides is 1. The standard InChI is InChI=1S/C22H23NO3/c24-20(25)19-15-23(14-18(19)17-9-5-2-6-10-17)21(26)22(11-12-22)13-16-7-3-1-4-8-16/h1-10,18-19H,11-15H2,(H,24,25). The van der Waals surface area contributed by atoms with Crippen LogP contribution in [-0.4, -0.2) is 35.0 Å². The van der Waals surface area contributed by atoms with Gasteiger partial charge < -0.3 is 10.0 Å². The van der Waals surface area contributed by atoms with E-state index in [9.17, 15) is 14.7 Å². The molecule has 0 spiro atoms. The van der Waals surface area contributed by atoms with E-state index in [0.29, 0.717) is 13.1 Å². The first-order chi connectivity index (χ1) is 12.6. The van der Waals surface area contributed by atoms with Crippen molar-refractivity contribution >= 4 is 11.9 Å². The molecule has 134 valence electrons. The molecular weight excluding hydrogens is 326 g/mol. The van der Waals surface area contributed by atoms with Gasteiger partial charge >= 0.3 is 5.97 Å². The van der Waals surface area contributed by atoms with Gasteiger partial charge in [-0.25, -0.2) is 0 Å². The summed E-state index contributed by atoms with van der Waals surface area (Å²) in [5.41, 5.74) is 1.85. The van der Waals surface area contributed by atoms with Gasteiger partial charge in [-0.2, -0.15) is 0 Å². The largest absolute Gasteiger partial charge is 0.481 e. The highest BCUT2D eigenvalue weighted by molar-refractivity contribution is 5.87. The number of rotatable bonds is 5. The van der Waals surface area contributed by atoms with Crippen LogP contribution in [-0.2, 0) is 16.0 Å². The Balaban J connectivity index is 1.53. The van der Waals surface area contributed by atoms with Crippen molar-refractivity contribution in [2.45, 2.75) is 25.2 Å². The number of carboxylic acids is 1. The van der Waals surface area contributed by atoms with E-state index >= 15 is 0 Å². The third-order valence-corrected chi connectivity index (χ3v) is 5.84. The van der Waals surface area contributed by atoms with Crippen LogP contribution in [0.3, 0.4) is 0 Å². The van der Waals surface area contributed by atoms with E-state index in [1.54, 1.807) is 4.90 Å². The number of benzene rings is 2. The molecule has 4 nitrogen and oxygen atoms in total. The summed E-state index contributed by atoms with van der Waals surface area (Å²) in [5.74, 6) is -1.35. The van der Waals surface area contributed by atoms with Gasteiger partial charge in [0.15, 0.2) is 0 Å². The average molecular weight is 349 g/mol. The van der Waals surface area contributed by atoms with Gasteiger partial charge in [-0.05, 0) is 30.4 Å². The molecule has 0 bridgehead atoms. The maximum absolute atomic E-state index is 13.2. The van der Waals surface area contributed by atoms with Crippen LogP contribution in [0.25, 0.3) is 0 Å². The molecule has 1 saturated heterocycles. The fourth-order valence-corrected chi connectivity index (χ4v) is 4.20. The van der Waals surface area contributed by atoms with Crippen molar-refractivity contribution in [3.05, 3.63) is 71.8 Å². The van der Waals surface area contributed by atoms with Crippen molar-refractivity contribution in [1.82, 2.24) is 4.90 Å². The number of aliphatic carboxylic acids is 1. The minimum Gasteiger partial charge on any atom is -0.481 e. The number of carbonyl (C=O) groups excluding carboxylic acids is 1. The maximum atomic E-state index is 13.2. The third-order valence-electron chi connectivity index (χ3n) is 5.84. The second kappa shape index (κ2) is 6.60. The van der Waals surface area contributed by atoms with E-state index < -0.39 is 11.9 Å². The second-order valence-electron chi connectivity index (χ2n) is 7.61. The summed E-state index contributed by atoms with van der Waals surface area (Å²) in [5, 5.41) is 9.66. The normalized spacial score (nSPS) is 23.6. The van der Waals surface area contributed by atoms with Crippen LogP contribution >= 0.6 is 0 Å². The zero-order valence-electron chi connectivity index (χ0n) is 14.7. The predicted molar refractivity (Wildman–Crippen MR) is 98.7 cm³/mol. The summed E-state index contributed by atoms with van der Waals surface area (Å²) < 4.78 is 0. The van der Waals surface area contributed by atoms with Gasteiger partial charge in [0.2, 0.25) is 5.91 Å². The number of nitrogens with zero attached hydrogens (tertiary/aromatic N) is 1. The molecule has 2 aromatic rings. The van der Waals surface area contributed by atoms with Crippen LogP contribution in [0.4, 0.5) is 0 Å². The molecule has 2 fully saturated rings. The van der Waals surface area contributed by atoms with E-state index in [4.69, 9.17) is 0 Å². The Morgan fingerprint density at radius 3 is 2.15 bits per heavy atom. The number of carboxylic acid groups (broad SMARTS) is 1. The zero-order chi connectivity index (χ0) is 18.1. The van der Waals surface area contributed by atoms with Crippen molar-refractivity contribution < 1.29 is 14.7 Å². The lowest BCUT2D eigenvalue weighted by atomic mass is 9.89. The Hall–Kier alpha value is -2.62. The Kier molecular flexibility index (Phi) is 4.27. The van der Waals surface area contributed by atoms with Gasteiger partial charge in [-0.15, -0.1) is 0 Å². The predicted octanol–water partition coefficient (Wildman–Crippen LogP) is 3.34. The van der Waals surface area contributed by atoms with Crippen LogP contribution < -0.4 is 0 Å². The first kappa shape index (κ1) is 16.8. The fraction of sp³-hybridized carbons (Fsp3) is 0.364. The molecule has 0 aromatic heterocycles. The lowest BCUT2D eigenvalue weighted by Gasteiger charge is -2.23. The molecule has 4 heteroatoms. The molecule has 26 heavy (non-hydrogen) atoms. The smallest absolute Gasteiger partial charge is 0.308 e. The summed E-state index contributed by atoms with van der Waals surface area (Å²) in [4.78, 5) is 26.8. The first-order valence-electron chi connectivity index (χ1n) is 9.20. The zero-order valence-corrected chi connectivity index (χ0v) is 14.7. The molecule has 2 aromatic carbocycles. The topological polar surface area (TPSA) is 57.6 Å². The highest BCUT2D eigenvalue weighted by Gasteiger charge is 2.53. The highest BCUT2D eigenvalue weighted by Crippen LogP contribution is 2.51. The molecule has 2 aliphatic rings. The van der Waals surface area contributed by atoms with Crippen LogP contribution in [0.15, 0.2) is 60.7 Å². The SMILES string of the molecule is O=C(O)C1CN(C(=O)C2(Cc3ccccc3)CC2)CC1c1ccccc1. The lowest BCUT2D eigenvalue weighted by Crippen LogP contribution is -2.37. The van der Waals surface area contributed by atoms with E-state index in [0.717, 1.165) is 24.8 Å². The summed E-state index contributed by atoms with van der Waals surface area (Å²) in [6, 6.07) is 19.8. The van der Waals surface area contributed by atoms with E-state index in [-0.39, 0.29) is 17.2 Å². The van der Waals surface area contributed by atoms with Crippen LogP contribution in [0.5, 0.6) is 0 Å². The Morgan fingerprint density at radius 2 is 1.58 bits per heavy atom. The Labute approximate surface area is 153 Å². The van der Waals surface area contributed by atoms with Crippen molar-refractivity contribution in [2.75, 3.05) is 13.1 Å². The van der Waals surface area contributed by atoms with Crippen molar-refractivity contribution in [1.29, 1.82) is 0 Å². The van der Waals surface area contributed by atoms with Crippen molar-refractivity contribution in [3.63, 3.8) is 0 Å². The van der Waals surface area contributed by atoms with Gasteiger partial charge in [0.25, 0.3) is 0 Å². The van der Waals surface area contributed by atoms with Crippen LogP contribution in [0.1, 0.15) is 29.9 Å². The quantitative estimate of drug-likeness (QED) is 0.901. The van der Waals surface area contributed by atoms with E-state index in [2.05, 4.69) is 12.1 Å². The molecule has 1 N–H and O–H groups in total. The van der Waals surface area contributed by atoms with Crippen molar-refractivity contribution in [2.24, 2.45) is 11.3 Å². The van der Waals surface area contributed by atoms with Crippen molar-refractivity contribution in [3.8, 4) is 0 Å². The number of hydrogen-bond acceptors (Lipinski definition) is 2. The van der Waals surface area contributed by atoms with Gasteiger partial charge in [0.05, 0.1) is 11.3 Å². The monoisotopic (exact) mass is 349 g/mol. The Morgan fingerprint density at radius 1 is 0.962 bits per heavy atom. The fourth-order valence-electron chi connectivity index (χ4n) is 4.20. The molecule has 1 aliphatic heterocycles. The highest BCUT2D eigenvalue weighted by atomic mass is 16.4. The molecule has 2 atom stereocenters. The molecule has 1 aliphatic carbocycles. The average Bonchev–Trinajstić information content (AvgIpc) is 3.30. The molecule has 1 saturated carbocycles. The number of hydrogen-bond donors (Lipinski definition) is 1. The number of carbonyl (C=O) groups is 2. The molecule has 0 radical (unpaired) electrons. The van der Waals surface area contributed by atoms with E-state index in [1.165, 1.54) is 5.56 Å². The molecule has 4 rings (SSSR count). The van der Waals surface area contributed by atoms with Gasteiger partial charge in [-0.3, -0.25) is 9.59 Å².